The molecule has 0 unspecified atom stereocenters. The lowest BCUT2D eigenvalue weighted by atomic mass is 9.75. The average molecular weight is 455 g/mol. The van der Waals surface area contributed by atoms with Gasteiger partial charge in [0.05, 0.1) is 25.1 Å². The molecule has 2 aromatic rings. The van der Waals surface area contributed by atoms with E-state index in [1.807, 2.05) is 36.2 Å². The number of para-hydroxylation sites is 1. The van der Waals surface area contributed by atoms with Crippen molar-refractivity contribution in [3.63, 3.8) is 0 Å². The van der Waals surface area contributed by atoms with Gasteiger partial charge in [0.2, 0.25) is 0 Å². The third-order valence-electron chi connectivity index (χ3n) is 6.85. The van der Waals surface area contributed by atoms with Gasteiger partial charge in [0.25, 0.3) is 11.8 Å². The standard InChI is InChI=1S/C25H34N4O4/c1-27-17-21(26-19-27)24(31)29-12-10-25(11-13-29)9-5-6-15-32-16-14-28(2)23(30)20-7-3-4-8-22(20)33-18-25/h3-4,7-8,17,19H,5-6,9-16,18H2,1-2H3. The van der Waals surface area contributed by atoms with Crippen LogP contribution in [0.4, 0.5) is 0 Å². The van der Waals surface area contributed by atoms with Crippen LogP contribution >= 0.6 is 0 Å². The molecule has 1 aromatic heterocycles. The highest BCUT2D eigenvalue weighted by atomic mass is 16.5. The molecule has 1 fully saturated rings. The van der Waals surface area contributed by atoms with Crippen molar-refractivity contribution < 1.29 is 19.1 Å². The molecule has 33 heavy (non-hydrogen) atoms. The van der Waals surface area contributed by atoms with E-state index in [9.17, 15) is 9.59 Å². The van der Waals surface area contributed by atoms with E-state index in [4.69, 9.17) is 9.47 Å². The summed E-state index contributed by atoms with van der Waals surface area (Å²) in [5.74, 6) is 0.550. The van der Waals surface area contributed by atoms with E-state index in [2.05, 4.69) is 4.98 Å². The number of likely N-dealkylation sites (tertiary alicyclic amines) is 1. The minimum absolute atomic E-state index is 0.0142. The van der Waals surface area contributed by atoms with Gasteiger partial charge in [-0.15, -0.1) is 0 Å². The second-order valence-electron chi connectivity index (χ2n) is 9.30. The average Bonchev–Trinajstić information content (AvgIpc) is 3.27. The molecule has 0 N–H and O–H groups in total. The maximum absolute atomic E-state index is 13.0. The van der Waals surface area contributed by atoms with Crippen molar-refractivity contribution in [2.24, 2.45) is 12.5 Å². The van der Waals surface area contributed by atoms with Gasteiger partial charge in [0.15, 0.2) is 0 Å². The maximum Gasteiger partial charge on any atom is 0.274 e. The van der Waals surface area contributed by atoms with Crippen LogP contribution in [0.3, 0.4) is 0 Å². The fourth-order valence-corrected chi connectivity index (χ4v) is 4.65. The van der Waals surface area contributed by atoms with Gasteiger partial charge in [0, 0.05) is 51.9 Å². The largest absolute Gasteiger partial charge is 0.492 e. The zero-order valence-corrected chi connectivity index (χ0v) is 19.7. The van der Waals surface area contributed by atoms with Crippen LogP contribution in [0.2, 0.25) is 0 Å². The Bertz CT molecular complexity index is 965. The topological polar surface area (TPSA) is 76.9 Å². The van der Waals surface area contributed by atoms with Crippen molar-refractivity contribution in [1.29, 1.82) is 0 Å². The maximum atomic E-state index is 13.0. The molecule has 0 radical (unpaired) electrons. The zero-order chi connectivity index (χ0) is 23.3. The number of aromatic nitrogens is 2. The summed E-state index contributed by atoms with van der Waals surface area (Å²) in [5, 5.41) is 0. The number of hydrogen-bond donors (Lipinski definition) is 0. The summed E-state index contributed by atoms with van der Waals surface area (Å²) in [5.41, 5.74) is 1.03. The number of carbonyl (C=O) groups is 2. The highest BCUT2D eigenvalue weighted by Crippen LogP contribution is 2.38. The van der Waals surface area contributed by atoms with Gasteiger partial charge in [-0.3, -0.25) is 9.59 Å². The summed E-state index contributed by atoms with van der Waals surface area (Å²) in [6.07, 6.45) is 8.19. The molecule has 0 aliphatic carbocycles. The number of imidazole rings is 1. The number of ether oxygens (including phenoxy) is 2. The highest BCUT2D eigenvalue weighted by molar-refractivity contribution is 5.96. The number of amides is 2. The molecule has 8 heteroatoms. The van der Waals surface area contributed by atoms with E-state index in [-0.39, 0.29) is 17.2 Å². The molecular weight excluding hydrogens is 420 g/mol. The van der Waals surface area contributed by atoms with E-state index in [1.165, 1.54) is 0 Å². The Morgan fingerprint density at radius 2 is 1.82 bits per heavy atom. The van der Waals surface area contributed by atoms with Gasteiger partial charge in [-0.25, -0.2) is 4.98 Å². The van der Waals surface area contributed by atoms with Crippen LogP contribution in [0.15, 0.2) is 36.8 Å². The first kappa shape index (κ1) is 23.3. The first-order chi connectivity index (χ1) is 16.0. The van der Waals surface area contributed by atoms with Gasteiger partial charge in [-0.1, -0.05) is 18.6 Å². The lowest BCUT2D eigenvalue weighted by Crippen LogP contribution is -2.45. The van der Waals surface area contributed by atoms with E-state index in [1.54, 1.807) is 29.0 Å². The molecular formula is C25H34N4O4. The van der Waals surface area contributed by atoms with Crippen LogP contribution in [-0.4, -0.2) is 77.7 Å². The molecule has 178 valence electrons. The van der Waals surface area contributed by atoms with Crippen LogP contribution in [0.1, 0.15) is 53.0 Å². The van der Waals surface area contributed by atoms with E-state index >= 15 is 0 Å². The fourth-order valence-electron chi connectivity index (χ4n) is 4.65. The molecule has 2 aliphatic heterocycles. The fraction of sp³-hybridized carbons (Fsp3) is 0.560. The van der Waals surface area contributed by atoms with Gasteiger partial charge >= 0.3 is 0 Å². The predicted octanol–water partition coefficient (Wildman–Crippen LogP) is 2.99. The molecule has 0 bridgehead atoms. The molecule has 1 spiro atoms. The second kappa shape index (κ2) is 10.4. The predicted molar refractivity (Wildman–Crippen MR) is 124 cm³/mol. The summed E-state index contributed by atoms with van der Waals surface area (Å²) in [6.45, 7) is 3.67. The Morgan fingerprint density at radius 3 is 2.58 bits per heavy atom. The number of fused-ring (bicyclic) bond motifs is 1. The number of aryl methyl sites for hydroxylation is 1. The zero-order valence-electron chi connectivity index (χ0n) is 19.7. The SMILES string of the molecule is CN1CCOCCCCC2(CCN(C(=O)c3cn(C)cn3)CC2)COc2ccccc2C1=O. The highest BCUT2D eigenvalue weighted by Gasteiger charge is 2.37. The van der Waals surface area contributed by atoms with Crippen LogP contribution in [0.25, 0.3) is 0 Å². The molecule has 0 saturated carbocycles. The molecule has 2 aliphatic rings. The molecule has 1 saturated heterocycles. The molecule has 8 nitrogen and oxygen atoms in total. The lowest BCUT2D eigenvalue weighted by molar-refractivity contribution is 0.0326. The van der Waals surface area contributed by atoms with Gasteiger partial charge in [-0.05, 0) is 37.8 Å². The van der Waals surface area contributed by atoms with Crippen molar-refractivity contribution in [1.82, 2.24) is 19.4 Å². The van der Waals surface area contributed by atoms with E-state index in [0.29, 0.717) is 56.5 Å². The van der Waals surface area contributed by atoms with Gasteiger partial charge in [-0.2, -0.15) is 0 Å². The molecule has 3 heterocycles. The summed E-state index contributed by atoms with van der Waals surface area (Å²) in [7, 11) is 3.66. The van der Waals surface area contributed by atoms with Gasteiger partial charge in [0.1, 0.15) is 11.4 Å². The first-order valence-corrected chi connectivity index (χ1v) is 11.8. The number of hydrogen-bond acceptors (Lipinski definition) is 5. The molecule has 2 amide bonds. The number of benzene rings is 1. The molecule has 1 aromatic carbocycles. The van der Waals surface area contributed by atoms with Crippen molar-refractivity contribution in [2.45, 2.75) is 32.1 Å². The number of nitrogens with zero attached hydrogens (tertiary/aromatic N) is 4. The molecule has 0 atom stereocenters. The Morgan fingerprint density at radius 1 is 1.03 bits per heavy atom. The monoisotopic (exact) mass is 454 g/mol. The Kier molecular flexibility index (Phi) is 7.33. The smallest absolute Gasteiger partial charge is 0.274 e. The first-order valence-electron chi connectivity index (χ1n) is 11.8. The van der Waals surface area contributed by atoms with E-state index in [0.717, 1.165) is 32.1 Å². The van der Waals surface area contributed by atoms with Gasteiger partial charge < -0.3 is 23.8 Å². The molecule has 4 rings (SSSR count). The Balaban J connectivity index is 1.49. The van der Waals surface area contributed by atoms with Crippen LogP contribution < -0.4 is 4.74 Å². The minimum Gasteiger partial charge on any atom is -0.492 e. The van der Waals surface area contributed by atoms with Crippen LogP contribution in [0.5, 0.6) is 5.75 Å². The number of carbonyl (C=O) groups excluding carboxylic acids is 2. The normalized spacial score (nSPS) is 20.1. The van der Waals surface area contributed by atoms with Crippen molar-refractivity contribution in [3.8, 4) is 5.75 Å². The minimum atomic E-state index is -0.0592. The third-order valence-corrected chi connectivity index (χ3v) is 6.85. The number of piperidine rings is 1. The summed E-state index contributed by atoms with van der Waals surface area (Å²) in [4.78, 5) is 33.6. The quantitative estimate of drug-likeness (QED) is 0.662. The lowest BCUT2D eigenvalue weighted by Gasteiger charge is -2.41. The van der Waals surface area contributed by atoms with E-state index < -0.39 is 0 Å². The van der Waals surface area contributed by atoms with Crippen molar-refractivity contribution >= 4 is 11.8 Å². The number of rotatable bonds is 1. The van der Waals surface area contributed by atoms with Crippen molar-refractivity contribution in [3.05, 3.63) is 48.0 Å². The summed E-state index contributed by atoms with van der Waals surface area (Å²) >= 11 is 0. The number of likely N-dealkylation sites (N-methyl/N-ethyl adjacent to an activating group) is 1. The van der Waals surface area contributed by atoms with Crippen LogP contribution in [0, 0.1) is 5.41 Å². The second-order valence-corrected chi connectivity index (χ2v) is 9.30. The Hall–Kier alpha value is -2.87. The summed E-state index contributed by atoms with van der Waals surface area (Å²) < 4.78 is 13.9. The summed E-state index contributed by atoms with van der Waals surface area (Å²) in [6, 6.07) is 7.46. The van der Waals surface area contributed by atoms with Crippen LogP contribution in [-0.2, 0) is 11.8 Å². The Labute approximate surface area is 195 Å². The van der Waals surface area contributed by atoms with Crippen molar-refractivity contribution in [2.75, 3.05) is 46.5 Å². The third kappa shape index (κ3) is 5.55.